The van der Waals surface area contributed by atoms with Crippen molar-refractivity contribution in [3.05, 3.63) is 54.9 Å². The average Bonchev–Trinajstić information content (AvgIpc) is 3.23. The predicted molar refractivity (Wildman–Crippen MR) is 140 cm³/mol. The number of rotatable bonds is 11. The van der Waals surface area contributed by atoms with Crippen molar-refractivity contribution in [2.24, 2.45) is 0 Å². The highest BCUT2D eigenvalue weighted by Crippen LogP contribution is 2.36. The summed E-state index contributed by atoms with van der Waals surface area (Å²) >= 11 is 3.19. The topological polar surface area (TPSA) is 64.1 Å². The summed E-state index contributed by atoms with van der Waals surface area (Å²) in [6.45, 7) is 4.81. The third-order valence-corrected chi connectivity index (χ3v) is 7.82. The third-order valence-electron chi connectivity index (χ3n) is 5.45. The third kappa shape index (κ3) is 6.03. The predicted octanol–water partition coefficient (Wildman–Crippen LogP) is 7.31. The Balaban J connectivity index is 1.53. The van der Waals surface area contributed by atoms with Crippen molar-refractivity contribution in [2.75, 3.05) is 11.9 Å². The Morgan fingerprint density at radius 2 is 2.06 bits per heavy atom. The lowest BCUT2D eigenvalue weighted by atomic mass is 10.1. The highest BCUT2D eigenvalue weighted by molar-refractivity contribution is 8.02. The Labute approximate surface area is 203 Å². The van der Waals surface area contributed by atoms with E-state index in [2.05, 4.69) is 17.2 Å². The van der Waals surface area contributed by atoms with Gasteiger partial charge in [-0.3, -0.25) is 9.78 Å². The molecule has 0 fully saturated rings. The number of carbonyl (C=O) groups excluding carboxylic acids is 1. The average molecular weight is 480 g/mol. The zero-order chi connectivity index (χ0) is 23.0. The first kappa shape index (κ1) is 23.5. The Hall–Kier alpha value is -2.64. The van der Waals surface area contributed by atoms with E-state index in [-0.39, 0.29) is 11.2 Å². The molecule has 33 heavy (non-hydrogen) atoms. The van der Waals surface area contributed by atoms with Crippen molar-refractivity contribution >= 4 is 55.7 Å². The van der Waals surface area contributed by atoms with Crippen LogP contribution in [0.3, 0.4) is 0 Å². The van der Waals surface area contributed by atoms with Crippen LogP contribution in [0.2, 0.25) is 0 Å². The van der Waals surface area contributed by atoms with Crippen LogP contribution in [-0.4, -0.2) is 27.7 Å². The number of thioether (sulfide) groups is 1. The van der Waals surface area contributed by atoms with E-state index in [0.717, 1.165) is 56.0 Å². The molecule has 0 aliphatic rings. The van der Waals surface area contributed by atoms with Gasteiger partial charge in [0.05, 0.1) is 22.1 Å². The first-order valence-electron chi connectivity index (χ1n) is 11.5. The second-order valence-electron chi connectivity index (χ2n) is 7.89. The van der Waals surface area contributed by atoms with E-state index in [1.807, 2.05) is 55.6 Å². The summed E-state index contributed by atoms with van der Waals surface area (Å²) in [6.07, 6.45) is 8.93. The normalized spacial score (nSPS) is 12.2. The van der Waals surface area contributed by atoms with Gasteiger partial charge >= 0.3 is 0 Å². The largest absolute Gasteiger partial charge is 0.494 e. The molecular formula is C26H29N3O2S2. The van der Waals surface area contributed by atoms with Crippen LogP contribution < -0.4 is 10.1 Å². The molecule has 4 rings (SSSR count). The number of nitrogens with zero attached hydrogens (tertiary/aromatic N) is 2. The minimum Gasteiger partial charge on any atom is -0.494 e. The van der Waals surface area contributed by atoms with Gasteiger partial charge in [0.1, 0.15) is 5.75 Å². The van der Waals surface area contributed by atoms with Crippen LogP contribution >= 0.6 is 23.1 Å². The lowest BCUT2D eigenvalue weighted by Crippen LogP contribution is -2.25. The Bertz CT molecular complexity index is 1220. The molecule has 2 heterocycles. The van der Waals surface area contributed by atoms with E-state index < -0.39 is 0 Å². The number of nitrogens with one attached hydrogen (secondary N) is 1. The van der Waals surface area contributed by atoms with Crippen LogP contribution in [0.15, 0.2) is 59.2 Å². The van der Waals surface area contributed by atoms with Crippen LogP contribution in [-0.2, 0) is 4.79 Å². The first-order valence-corrected chi connectivity index (χ1v) is 13.2. The van der Waals surface area contributed by atoms with Crippen LogP contribution in [0.5, 0.6) is 5.75 Å². The van der Waals surface area contributed by atoms with Gasteiger partial charge in [0.15, 0.2) is 4.34 Å². The summed E-state index contributed by atoms with van der Waals surface area (Å²) in [4.78, 5) is 22.4. The fourth-order valence-corrected chi connectivity index (χ4v) is 6.14. The quantitative estimate of drug-likeness (QED) is 0.180. The maximum atomic E-state index is 13.4. The lowest BCUT2D eigenvalue weighted by Gasteiger charge is -2.16. The number of hydrogen-bond donors (Lipinski definition) is 1. The van der Waals surface area contributed by atoms with Gasteiger partial charge in [0.25, 0.3) is 0 Å². The second kappa shape index (κ2) is 11.5. The zero-order valence-electron chi connectivity index (χ0n) is 19.0. The fourth-order valence-electron chi connectivity index (χ4n) is 3.76. The van der Waals surface area contributed by atoms with Gasteiger partial charge < -0.3 is 10.1 Å². The highest BCUT2D eigenvalue weighted by atomic mass is 32.2. The molecule has 1 unspecified atom stereocenters. The first-order chi connectivity index (χ1) is 16.2. The Morgan fingerprint density at radius 3 is 2.91 bits per heavy atom. The van der Waals surface area contributed by atoms with Gasteiger partial charge in [-0.25, -0.2) is 4.98 Å². The SMILES string of the molecule is CCCCCCC(Sc1nc2ccc(OCC)cc2s1)C(=O)Nc1cccc2cnccc12. The zero-order valence-corrected chi connectivity index (χ0v) is 20.7. The van der Waals surface area contributed by atoms with Crippen LogP contribution in [0, 0.1) is 0 Å². The number of carbonyl (C=O) groups is 1. The Kier molecular flexibility index (Phi) is 8.18. The van der Waals surface area contributed by atoms with Gasteiger partial charge in [-0.05, 0) is 43.7 Å². The lowest BCUT2D eigenvalue weighted by molar-refractivity contribution is -0.115. The Morgan fingerprint density at radius 1 is 1.15 bits per heavy atom. The molecule has 2 aromatic carbocycles. The molecule has 0 aliphatic carbocycles. The highest BCUT2D eigenvalue weighted by Gasteiger charge is 2.22. The van der Waals surface area contributed by atoms with E-state index in [9.17, 15) is 4.79 Å². The van der Waals surface area contributed by atoms with Crippen molar-refractivity contribution in [1.29, 1.82) is 0 Å². The summed E-state index contributed by atoms with van der Waals surface area (Å²) in [5.41, 5.74) is 1.77. The molecule has 172 valence electrons. The van der Waals surface area contributed by atoms with E-state index in [4.69, 9.17) is 9.72 Å². The standard InChI is InChI=1S/C26H29N3O2S2/c1-3-5-6-7-11-23(25(30)28-21-10-8-9-18-17-27-15-14-20(18)21)32-26-29-22-13-12-19(31-4-2)16-24(22)33-26/h8-10,12-17,23H,3-7,11H2,1-2H3,(H,28,30). The number of amides is 1. The molecule has 1 N–H and O–H groups in total. The minimum atomic E-state index is -0.203. The van der Waals surface area contributed by atoms with E-state index >= 15 is 0 Å². The van der Waals surface area contributed by atoms with E-state index in [1.54, 1.807) is 29.3 Å². The number of anilines is 1. The van der Waals surface area contributed by atoms with Crippen molar-refractivity contribution in [2.45, 2.75) is 55.5 Å². The number of hydrogen-bond acceptors (Lipinski definition) is 6. The van der Waals surface area contributed by atoms with Crippen molar-refractivity contribution in [1.82, 2.24) is 9.97 Å². The van der Waals surface area contributed by atoms with E-state index in [0.29, 0.717) is 6.61 Å². The van der Waals surface area contributed by atoms with Gasteiger partial charge in [0.2, 0.25) is 5.91 Å². The van der Waals surface area contributed by atoms with Crippen molar-refractivity contribution in [3.63, 3.8) is 0 Å². The number of unbranched alkanes of at least 4 members (excludes halogenated alkanes) is 3. The summed E-state index contributed by atoms with van der Waals surface area (Å²) in [7, 11) is 0. The van der Waals surface area contributed by atoms with Crippen LogP contribution in [0.1, 0.15) is 46.0 Å². The van der Waals surface area contributed by atoms with Gasteiger partial charge in [-0.15, -0.1) is 11.3 Å². The molecule has 0 bridgehead atoms. The summed E-state index contributed by atoms with van der Waals surface area (Å²) in [5.74, 6) is 0.875. The maximum Gasteiger partial charge on any atom is 0.237 e. The van der Waals surface area contributed by atoms with Crippen LogP contribution in [0.25, 0.3) is 21.0 Å². The molecule has 2 aromatic heterocycles. The van der Waals surface area contributed by atoms with Crippen molar-refractivity contribution in [3.8, 4) is 5.75 Å². The molecular weight excluding hydrogens is 450 g/mol. The summed E-state index contributed by atoms with van der Waals surface area (Å²) < 4.78 is 7.62. The van der Waals surface area contributed by atoms with Gasteiger partial charge in [0, 0.05) is 28.9 Å². The molecule has 4 aromatic rings. The van der Waals surface area contributed by atoms with Crippen LogP contribution in [0.4, 0.5) is 5.69 Å². The molecule has 5 nitrogen and oxygen atoms in total. The smallest absolute Gasteiger partial charge is 0.237 e. The van der Waals surface area contributed by atoms with Crippen molar-refractivity contribution < 1.29 is 9.53 Å². The monoisotopic (exact) mass is 479 g/mol. The number of ether oxygens (including phenoxy) is 1. The second-order valence-corrected chi connectivity index (χ2v) is 10.4. The number of aromatic nitrogens is 2. The number of pyridine rings is 1. The molecule has 0 aliphatic heterocycles. The molecule has 1 atom stereocenters. The fraction of sp³-hybridized carbons (Fsp3) is 0.346. The summed E-state index contributed by atoms with van der Waals surface area (Å²) in [6, 6.07) is 13.8. The van der Waals surface area contributed by atoms with Gasteiger partial charge in [-0.1, -0.05) is 56.5 Å². The van der Waals surface area contributed by atoms with E-state index in [1.165, 1.54) is 12.8 Å². The number of fused-ring (bicyclic) bond motifs is 2. The molecule has 0 saturated heterocycles. The molecule has 1 amide bonds. The van der Waals surface area contributed by atoms with Gasteiger partial charge in [-0.2, -0.15) is 0 Å². The number of benzene rings is 2. The minimum absolute atomic E-state index is 0.0232. The maximum absolute atomic E-state index is 13.4. The number of thiazole rings is 1. The molecule has 0 spiro atoms. The molecule has 7 heteroatoms. The summed E-state index contributed by atoms with van der Waals surface area (Å²) in [5, 5.41) is 4.98. The molecule has 0 saturated carbocycles. The molecule has 0 radical (unpaired) electrons.